The van der Waals surface area contributed by atoms with Gasteiger partial charge in [-0.2, -0.15) is 0 Å². The fourth-order valence-electron chi connectivity index (χ4n) is 2.57. The van der Waals surface area contributed by atoms with E-state index < -0.39 is 6.29 Å². The third-order valence-corrected chi connectivity index (χ3v) is 3.61. The Hall–Kier alpha value is -0.570. The van der Waals surface area contributed by atoms with Crippen LogP contribution in [-0.2, 0) is 11.2 Å². The number of hydrogen-bond acceptors (Lipinski definition) is 2. The SMILES string of the molecule is CC(C)c1cc(Cl)cc(C(C)C)c1C[C@H](O)OC(C)(C)C. The predicted molar refractivity (Wildman–Crippen MR) is 90.2 cm³/mol. The Morgan fingerprint density at radius 1 is 1.05 bits per heavy atom. The molecule has 0 unspecified atom stereocenters. The van der Waals surface area contributed by atoms with Crippen LogP contribution in [0.1, 0.15) is 77.0 Å². The van der Waals surface area contributed by atoms with Crippen molar-refractivity contribution in [3.63, 3.8) is 0 Å². The first-order chi connectivity index (χ1) is 9.51. The molecule has 0 aliphatic rings. The number of ether oxygens (including phenoxy) is 1. The zero-order valence-corrected chi connectivity index (χ0v) is 15.1. The molecule has 1 aromatic rings. The quantitative estimate of drug-likeness (QED) is 0.751. The molecular formula is C18H29ClO2. The van der Waals surface area contributed by atoms with Crippen molar-refractivity contribution >= 4 is 11.6 Å². The first-order valence-corrected chi connectivity index (χ1v) is 8.07. The van der Waals surface area contributed by atoms with Gasteiger partial charge in [-0.25, -0.2) is 0 Å². The molecule has 0 aliphatic heterocycles. The standard InChI is InChI=1S/C18H29ClO2/c1-11(2)14-8-13(19)9-15(12(3)4)16(14)10-17(20)21-18(5,6)7/h8-9,11-12,17,20H,10H2,1-7H3/t17-/m1/s1. The lowest BCUT2D eigenvalue weighted by Crippen LogP contribution is -2.29. The van der Waals surface area contributed by atoms with Gasteiger partial charge in [-0.1, -0.05) is 39.3 Å². The number of halogens is 1. The van der Waals surface area contributed by atoms with Crippen LogP contribution in [0.15, 0.2) is 12.1 Å². The Morgan fingerprint density at radius 3 is 1.81 bits per heavy atom. The molecule has 0 heterocycles. The predicted octanol–water partition coefficient (Wildman–Crippen LogP) is 5.26. The molecule has 0 fully saturated rings. The molecule has 21 heavy (non-hydrogen) atoms. The molecule has 0 radical (unpaired) electrons. The highest BCUT2D eigenvalue weighted by Gasteiger charge is 2.22. The van der Waals surface area contributed by atoms with Gasteiger partial charge in [-0.05, 0) is 61.4 Å². The van der Waals surface area contributed by atoms with E-state index in [4.69, 9.17) is 16.3 Å². The van der Waals surface area contributed by atoms with Crippen molar-refractivity contribution in [3.8, 4) is 0 Å². The Bertz CT molecular complexity index is 444. The highest BCUT2D eigenvalue weighted by atomic mass is 35.5. The molecule has 120 valence electrons. The Kier molecular flexibility index (Phi) is 6.27. The fourth-order valence-corrected chi connectivity index (χ4v) is 2.81. The zero-order valence-electron chi connectivity index (χ0n) is 14.3. The van der Waals surface area contributed by atoms with Gasteiger partial charge in [0.15, 0.2) is 6.29 Å². The van der Waals surface area contributed by atoms with Crippen LogP contribution in [0.5, 0.6) is 0 Å². The molecular weight excluding hydrogens is 284 g/mol. The van der Waals surface area contributed by atoms with Gasteiger partial charge >= 0.3 is 0 Å². The molecule has 1 N–H and O–H groups in total. The van der Waals surface area contributed by atoms with Crippen LogP contribution >= 0.6 is 11.6 Å². The molecule has 0 saturated carbocycles. The van der Waals surface area contributed by atoms with Gasteiger partial charge in [-0.3, -0.25) is 0 Å². The van der Waals surface area contributed by atoms with Crippen molar-refractivity contribution in [2.24, 2.45) is 0 Å². The van der Waals surface area contributed by atoms with Crippen molar-refractivity contribution in [1.82, 2.24) is 0 Å². The summed E-state index contributed by atoms with van der Waals surface area (Å²) in [6, 6.07) is 4.02. The van der Waals surface area contributed by atoms with Crippen LogP contribution in [0, 0.1) is 0 Å². The molecule has 1 atom stereocenters. The van der Waals surface area contributed by atoms with Crippen molar-refractivity contribution in [2.45, 2.75) is 78.6 Å². The van der Waals surface area contributed by atoms with Crippen LogP contribution in [0.4, 0.5) is 0 Å². The van der Waals surface area contributed by atoms with E-state index >= 15 is 0 Å². The summed E-state index contributed by atoms with van der Waals surface area (Å²) in [4.78, 5) is 0. The molecule has 0 amide bonds. The van der Waals surface area contributed by atoms with Crippen molar-refractivity contribution in [1.29, 1.82) is 0 Å². The van der Waals surface area contributed by atoms with Gasteiger partial charge in [0.2, 0.25) is 0 Å². The maximum absolute atomic E-state index is 10.3. The number of aliphatic hydroxyl groups is 1. The summed E-state index contributed by atoms with van der Waals surface area (Å²) in [5.41, 5.74) is 3.20. The topological polar surface area (TPSA) is 29.5 Å². The summed E-state index contributed by atoms with van der Waals surface area (Å²) in [6.07, 6.45) is -0.309. The minimum atomic E-state index is -0.804. The molecule has 1 aromatic carbocycles. The molecule has 0 saturated heterocycles. The van der Waals surface area contributed by atoms with Crippen molar-refractivity contribution in [3.05, 3.63) is 33.8 Å². The second-order valence-electron chi connectivity index (χ2n) is 7.26. The average molecular weight is 313 g/mol. The van der Waals surface area contributed by atoms with Crippen LogP contribution in [-0.4, -0.2) is 17.0 Å². The lowest BCUT2D eigenvalue weighted by atomic mass is 9.87. The minimum Gasteiger partial charge on any atom is -0.368 e. The largest absolute Gasteiger partial charge is 0.368 e. The van der Waals surface area contributed by atoms with E-state index in [9.17, 15) is 5.11 Å². The Morgan fingerprint density at radius 2 is 1.48 bits per heavy atom. The molecule has 2 nitrogen and oxygen atoms in total. The summed E-state index contributed by atoms with van der Waals surface area (Å²) in [5, 5.41) is 11.0. The van der Waals surface area contributed by atoms with Crippen molar-refractivity contribution < 1.29 is 9.84 Å². The van der Waals surface area contributed by atoms with E-state index in [2.05, 4.69) is 27.7 Å². The smallest absolute Gasteiger partial charge is 0.159 e. The van der Waals surface area contributed by atoms with Gasteiger partial charge in [0.25, 0.3) is 0 Å². The lowest BCUT2D eigenvalue weighted by Gasteiger charge is -2.27. The van der Waals surface area contributed by atoms with E-state index in [0.29, 0.717) is 18.3 Å². The summed E-state index contributed by atoms with van der Waals surface area (Å²) >= 11 is 6.26. The second kappa shape index (κ2) is 7.13. The third kappa shape index (κ3) is 5.61. The van der Waals surface area contributed by atoms with E-state index in [0.717, 1.165) is 5.02 Å². The van der Waals surface area contributed by atoms with Crippen LogP contribution in [0.25, 0.3) is 0 Å². The summed E-state index contributed by atoms with van der Waals surface area (Å²) in [6.45, 7) is 14.4. The van der Waals surface area contributed by atoms with Crippen LogP contribution in [0.3, 0.4) is 0 Å². The van der Waals surface area contributed by atoms with Gasteiger partial charge in [0.1, 0.15) is 0 Å². The second-order valence-corrected chi connectivity index (χ2v) is 7.70. The first kappa shape index (κ1) is 18.5. The van der Waals surface area contributed by atoms with Gasteiger partial charge in [-0.15, -0.1) is 0 Å². The lowest BCUT2D eigenvalue weighted by molar-refractivity contribution is -0.164. The first-order valence-electron chi connectivity index (χ1n) is 7.69. The summed E-state index contributed by atoms with van der Waals surface area (Å²) in [5.74, 6) is 0.719. The van der Waals surface area contributed by atoms with Crippen molar-refractivity contribution in [2.75, 3.05) is 0 Å². The van der Waals surface area contributed by atoms with Crippen LogP contribution < -0.4 is 0 Å². The normalized spacial score (nSPS) is 14.0. The average Bonchev–Trinajstić information content (AvgIpc) is 2.27. The maximum Gasteiger partial charge on any atom is 0.159 e. The molecule has 0 aromatic heterocycles. The highest BCUT2D eigenvalue weighted by Crippen LogP contribution is 2.32. The molecule has 3 heteroatoms. The monoisotopic (exact) mass is 312 g/mol. The molecule has 0 bridgehead atoms. The number of aliphatic hydroxyl groups excluding tert-OH is 1. The summed E-state index contributed by atoms with van der Waals surface area (Å²) in [7, 11) is 0. The van der Waals surface area contributed by atoms with Gasteiger partial charge in [0, 0.05) is 11.4 Å². The van der Waals surface area contributed by atoms with E-state index in [1.54, 1.807) is 0 Å². The van der Waals surface area contributed by atoms with Gasteiger partial charge in [0.05, 0.1) is 5.60 Å². The Labute approximate surface area is 134 Å². The number of hydrogen-bond donors (Lipinski definition) is 1. The maximum atomic E-state index is 10.3. The number of benzene rings is 1. The van der Waals surface area contributed by atoms with E-state index in [1.807, 2.05) is 32.9 Å². The minimum absolute atomic E-state index is 0.359. The molecule has 1 rings (SSSR count). The van der Waals surface area contributed by atoms with Crippen LogP contribution in [0.2, 0.25) is 5.02 Å². The van der Waals surface area contributed by atoms with E-state index in [1.165, 1.54) is 16.7 Å². The Balaban J connectivity index is 3.19. The van der Waals surface area contributed by atoms with Gasteiger partial charge < -0.3 is 9.84 Å². The summed E-state index contributed by atoms with van der Waals surface area (Å²) < 4.78 is 5.66. The zero-order chi connectivity index (χ0) is 16.4. The molecule has 0 spiro atoms. The van der Waals surface area contributed by atoms with E-state index in [-0.39, 0.29) is 5.60 Å². The number of rotatable bonds is 5. The molecule has 0 aliphatic carbocycles. The third-order valence-electron chi connectivity index (χ3n) is 3.40. The highest BCUT2D eigenvalue weighted by molar-refractivity contribution is 6.30. The fraction of sp³-hybridized carbons (Fsp3) is 0.667.